The quantitative estimate of drug-likeness (QED) is 0.247. The molecule has 2 aromatic heterocycles. The molecule has 0 atom stereocenters. The lowest BCUT2D eigenvalue weighted by Gasteiger charge is -2.11. The van der Waals surface area contributed by atoms with E-state index in [2.05, 4.69) is 119 Å². The number of nitrogens with zero attached hydrogens (tertiary/aromatic N) is 3. The van der Waals surface area contributed by atoms with Gasteiger partial charge in [-0.25, -0.2) is 15.0 Å². The van der Waals surface area contributed by atoms with Crippen molar-refractivity contribution >= 4 is 31.5 Å². The van der Waals surface area contributed by atoms with Crippen LogP contribution in [0.25, 0.3) is 65.2 Å². The third kappa shape index (κ3) is 4.07. The second-order valence-electron chi connectivity index (χ2n) is 8.97. The maximum atomic E-state index is 4.93. The maximum absolute atomic E-state index is 4.93. The molecule has 0 saturated heterocycles. The van der Waals surface area contributed by atoms with Gasteiger partial charge in [0, 0.05) is 31.3 Å². The van der Waals surface area contributed by atoms with E-state index in [0.717, 1.165) is 33.4 Å². The predicted molar refractivity (Wildman–Crippen MR) is 154 cm³/mol. The van der Waals surface area contributed by atoms with Gasteiger partial charge in [-0.05, 0) is 52.6 Å². The van der Waals surface area contributed by atoms with Crippen molar-refractivity contribution in [3.8, 4) is 45.0 Å². The van der Waals surface area contributed by atoms with Gasteiger partial charge in [-0.15, -0.1) is 11.3 Å². The molecule has 0 aliphatic rings. The summed E-state index contributed by atoms with van der Waals surface area (Å²) in [6.07, 6.45) is 1.62. The van der Waals surface area contributed by atoms with Crippen molar-refractivity contribution in [2.24, 2.45) is 0 Å². The number of aromatic nitrogens is 3. The molecule has 174 valence electrons. The number of fused-ring (bicyclic) bond motifs is 3. The van der Waals surface area contributed by atoms with E-state index in [1.807, 2.05) is 12.1 Å². The first-order chi connectivity index (χ1) is 18.3. The normalized spacial score (nSPS) is 11.2. The Balaban J connectivity index is 1.35. The molecule has 4 heteroatoms. The van der Waals surface area contributed by atoms with E-state index in [1.54, 1.807) is 17.7 Å². The molecule has 0 N–H and O–H groups in total. The minimum Gasteiger partial charge on any atom is -0.217 e. The Hall–Kier alpha value is -4.67. The van der Waals surface area contributed by atoms with Crippen LogP contribution in [0.2, 0.25) is 0 Å². The van der Waals surface area contributed by atoms with E-state index in [9.17, 15) is 0 Å². The van der Waals surface area contributed by atoms with Gasteiger partial charge in [-0.2, -0.15) is 0 Å². The molecule has 3 nitrogen and oxygen atoms in total. The van der Waals surface area contributed by atoms with Crippen molar-refractivity contribution in [1.29, 1.82) is 0 Å². The number of hydrogen-bond acceptors (Lipinski definition) is 4. The Labute approximate surface area is 218 Å². The number of hydrogen-bond donors (Lipinski definition) is 0. The fraction of sp³-hybridized carbons (Fsp3) is 0. The average molecular weight is 492 g/mol. The van der Waals surface area contributed by atoms with Gasteiger partial charge in [0.1, 0.15) is 6.33 Å². The molecule has 5 aromatic carbocycles. The Kier molecular flexibility index (Phi) is 5.30. The van der Waals surface area contributed by atoms with E-state index in [4.69, 9.17) is 4.98 Å². The molecule has 0 aliphatic heterocycles. The third-order valence-corrected chi connectivity index (χ3v) is 7.75. The smallest absolute Gasteiger partial charge is 0.163 e. The summed E-state index contributed by atoms with van der Waals surface area (Å²) < 4.78 is 2.52. The van der Waals surface area contributed by atoms with Crippen LogP contribution in [0.15, 0.2) is 128 Å². The molecule has 7 rings (SSSR count). The molecule has 0 fully saturated rings. The zero-order chi connectivity index (χ0) is 24.6. The molecule has 0 bridgehead atoms. The highest BCUT2D eigenvalue weighted by Gasteiger charge is 2.12. The van der Waals surface area contributed by atoms with Gasteiger partial charge in [0.15, 0.2) is 11.6 Å². The SMILES string of the molecule is c1ccc(-c2cc(-c3ccccc3)cc(-c3ncnc(-c4ccc5c(c4)sc4ccccc45)n3)c2)cc1. The third-order valence-electron chi connectivity index (χ3n) is 6.61. The van der Waals surface area contributed by atoms with Crippen LogP contribution in [-0.2, 0) is 0 Å². The van der Waals surface area contributed by atoms with Crippen LogP contribution in [-0.4, -0.2) is 15.0 Å². The van der Waals surface area contributed by atoms with E-state index in [1.165, 1.54) is 20.2 Å². The zero-order valence-corrected chi connectivity index (χ0v) is 20.7. The van der Waals surface area contributed by atoms with Crippen molar-refractivity contribution in [3.63, 3.8) is 0 Å². The van der Waals surface area contributed by atoms with E-state index < -0.39 is 0 Å². The maximum Gasteiger partial charge on any atom is 0.163 e. The Morgan fingerprint density at radius 2 is 0.973 bits per heavy atom. The molecular formula is C33H21N3S. The predicted octanol–water partition coefficient (Wildman–Crippen LogP) is 8.91. The topological polar surface area (TPSA) is 38.7 Å². The van der Waals surface area contributed by atoms with Gasteiger partial charge in [-0.3, -0.25) is 0 Å². The summed E-state index contributed by atoms with van der Waals surface area (Å²) in [5, 5.41) is 2.55. The first-order valence-electron chi connectivity index (χ1n) is 12.2. The highest BCUT2D eigenvalue weighted by molar-refractivity contribution is 7.25. The summed E-state index contributed by atoms with van der Waals surface area (Å²) in [6, 6.07) is 42.4. The van der Waals surface area contributed by atoms with Crippen LogP contribution in [0.1, 0.15) is 0 Å². The summed E-state index contributed by atoms with van der Waals surface area (Å²) in [5.41, 5.74) is 6.53. The van der Waals surface area contributed by atoms with Crippen LogP contribution < -0.4 is 0 Å². The molecule has 0 amide bonds. The van der Waals surface area contributed by atoms with Crippen LogP contribution in [0, 0.1) is 0 Å². The second-order valence-corrected chi connectivity index (χ2v) is 10.1. The summed E-state index contributed by atoms with van der Waals surface area (Å²) in [5.74, 6) is 1.34. The van der Waals surface area contributed by atoms with Gasteiger partial charge >= 0.3 is 0 Å². The monoisotopic (exact) mass is 491 g/mol. The first kappa shape index (κ1) is 21.6. The number of thiophene rings is 1. The highest BCUT2D eigenvalue weighted by atomic mass is 32.1. The Morgan fingerprint density at radius 1 is 0.405 bits per heavy atom. The van der Waals surface area contributed by atoms with Gasteiger partial charge in [0.25, 0.3) is 0 Å². The molecule has 2 heterocycles. The summed E-state index contributed by atoms with van der Waals surface area (Å²) in [4.78, 5) is 14.0. The lowest BCUT2D eigenvalue weighted by Crippen LogP contribution is -1.96. The van der Waals surface area contributed by atoms with Gasteiger partial charge < -0.3 is 0 Å². The molecule has 37 heavy (non-hydrogen) atoms. The lowest BCUT2D eigenvalue weighted by molar-refractivity contribution is 1.07. The summed E-state index contributed by atoms with van der Waals surface area (Å²) >= 11 is 1.80. The molecule has 7 aromatic rings. The van der Waals surface area contributed by atoms with Gasteiger partial charge in [0.2, 0.25) is 0 Å². The highest BCUT2D eigenvalue weighted by Crippen LogP contribution is 2.36. The molecule has 0 unspecified atom stereocenters. The fourth-order valence-corrected chi connectivity index (χ4v) is 5.94. The zero-order valence-electron chi connectivity index (χ0n) is 19.9. The van der Waals surface area contributed by atoms with Crippen LogP contribution in [0.3, 0.4) is 0 Å². The van der Waals surface area contributed by atoms with Crippen molar-refractivity contribution in [2.75, 3.05) is 0 Å². The van der Waals surface area contributed by atoms with E-state index in [0.29, 0.717) is 11.6 Å². The molecular weight excluding hydrogens is 470 g/mol. The van der Waals surface area contributed by atoms with Crippen LogP contribution in [0.4, 0.5) is 0 Å². The molecule has 0 radical (unpaired) electrons. The summed E-state index contributed by atoms with van der Waals surface area (Å²) in [6.45, 7) is 0. The summed E-state index contributed by atoms with van der Waals surface area (Å²) in [7, 11) is 0. The van der Waals surface area contributed by atoms with Crippen molar-refractivity contribution in [2.45, 2.75) is 0 Å². The molecule has 0 aliphatic carbocycles. The minimum absolute atomic E-state index is 0.663. The van der Waals surface area contributed by atoms with Crippen LogP contribution >= 0.6 is 11.3 Å². The van der Waals surface area contributed by atoms with Crippen molar-refractivity contribution in [1.82, 2.24) is 15.0 Å². The van der Waals surface area contributed by atoms with Crippen molar-refractivity contribution < 1.29 is 0 Å². The lowest BCUT2D eigenvalue weighted by atomic mass is 9.96. The number of rotatable bonds is 4. The minimum atomic E-state index is 0.663. The Bertz CT molecular complexity index is 1820. The van der Waals surface area contributed by atoms with Gasteiger partial charge in [0.05, 0.1) is 0 Å². The Morgan fingerprint density at radius 3 is 1.68 bits per heavy atom. The van der Waals surface area contributed by atoms with E-state index >= 15 is 0 Å². The molecule has 0 saturated carbocycles. The van der Waals surface area contributed by atoms with E-state index in [-0.39, 0.29) is 0 Å². The van der Waals surface area contributed by atoms with Crippen molar-refractivity contribution in [3.05, 3.63) is 128 Å². The fourth-order valence-electron chi connectivity index (χ4n) is 4.79. The standard InChI is InChI=1S/C33H21N3S/c1-3-9-22(10-4-1)25-17-26(23-11-5-2-6-12-23)19-27(18-25)33-35-21-34-32(36-33)24-15-16-29-28-13-7-8-14-30(28)37-31(29)20-24/h1-21H. The second kappa shape index (κ2) is 9.08. The largest absolute Gasteiger partial charge is 0.217 e. The van der Waals surface area contributed by atoms with Crippen LogP contribution in [0.5, 0.6) is 0 Å². The molecule has 0 spiro atoms. The van der Waals surface area contributed by atoms with Gasteiger partial charge in [-0.1, -0.05) is 91.0 Å². The first-order valence-corrected chi connectivity index (χ1v) is 13.0. The number of benzene rings is 5. The average Bonchev–Trinajstić information content (AvgIpc) is 3.36.